The van der Waals surface area contributed by atoms with E-state index >= 15 is 8.78 Å². The largest absolute Gasteiger partial charge is 0.307 e. The van der Waals surface area contributed by atoms with Gasteiger partial charge in [0, 0.05) is 22.1 Å². The van der Waals surface area contributed by atoms with Gasteiger partial charge >= 0.3 is 0 Å². The van der Waals surface area contributed by atoms with Gasteiger partial charge in [-0.05, 0) is 154 Å². The average molecular weight is 943 g/mol. The van der Waals surface area contributed by atoms with Gasteiger partial charge in [0.2, 0.25) is 0 Å². The zero-order chi connectivity index (χ0) is 57.7. The van der Waals surface area contributed by atoms with Crippen molar-refractivity contribution in [3.8, 4) is 44.5 Å². The third-order valence-corrected chi connectivity index (χ3v) is 13.5. The lowest BCUT2D eigenvalue weighted by Gasteiger charge is -2.30. The van der Waals surface area contributed by atoms with Crippen molar-refractivity contribution >= 4 is 66.4 Å². The van der Waals surface area contributed by atoms with Crippen LogP contribution in [0.2, 0.25) is 0 Å². The van der Waals surface area contributed by atoms with E-state index in [4.69, 9.17) is 8.22 Å². The van der Waals surface area contributed by atoms with E-state index in [-0.39, 0.29) is 34.1 Å². The van der Waals surface area contributed by atoms with E-state index < -0.39 is 72.1 Å². The van der Waals surface area contributed by atoms with Crippen LogP contribution in [-0.2, 0) is 0 Å². The molecule has 0 saturated carbocycles. The second-order valence-corrected chi connectivity index (χ2v) is 18.4. The van der Waals surface area contributed by atoms with E-state index in [1.165, 1.54) is 21.9 Å². The summed E-state index contributed by atoms with van der Waals surface area (Å²) < 4.78 is 126. The molecular formula is C68H50F2N2. The van der Waals surface area contributed by atoms with E-state index in [1.54, 1.807) is 24.3 Å². The Morgan fingerprint density at radius 2 is 0.653 bits per heavy atom. The van der Waals surface area contributed by atoms with Gasteiger partial charge in [0.05, 0.1) is 36.5 Å². The molecule has 0 saturated heterocycles. The summed E-state index contributed by atoms with van der Waals surface area (Å²) in [5.74, 6) is -1.47. The Bertz CT molecular complexity index is 4290. The molecule has 0 aromatic heterocycles. The molecule has 0 radical (unpaired) electrons. The summed E-state index contributed by atoms with van der Waals surface area (Å²) in [6.07, 6.45) is 0. The average Bonchev–Trinajstić information content (AvgIpc) is 1.82. The lowest BCUT2D eigenvalue weighted by atomic mass is 9.90. The van der Waals surface area contributed by atoms with Crippen molar-refractivity contribution in [2.75, 3.05) is 9.80 Å². The van der Waals surface area contributed by atoms with Gasteiger partial charge in [-0.15, -0.1) is 0 Å². The summed E-state index contributed by atoms with van der Waals surface area (Å²) in [5, 5.41) is 3.61. The molecule has 12 aromatic rings. The molecule has 0 atom stereocenters. The fourth-order valence-electron chi connectivity index (χ4n) is 10.3. The van der Waals surface area contributed by atoms with Crippen LogP contribution in [0.5, 0.6) is 0 Å². The van der Waals surface area contributed by atoms with Crippen LogP contribution < -0.4 is 9.80 Å². The standard InChI is InChI=1S/C68H50F2N2/c1-43-15-11-19-49(35-43)57-39-61(69)65(41-59(57)51-21-13-17-45(3)37-51)71(53-23-7-5-8-24-53)63-33-29-47-28-32-56-64(34-30-48-27-31-55(63)67(47)68(48)56)72(54-25-9-6-10-26-54)66-42-60(52-22-14-18-46(4)38-52)58(40-62(66)70)50-20-12-16-44(2)36-50/h5-42H,1-4H3/i5D,6D,7D,8D,9D,10D,23D,24D,25D,26D. The van der Waals surface area contributed by atoms with Crippen LogP contribution in [-0.4, -0.2) is 0 Å². The number of halogens is 2. The fourth-order valence-corrected chi connectivity index (χ4v) is 10.3. The minimum atomic E-state index is -0.734. The van der Waals surface area contributed by atoms with E-state index in [0.29, 0.717) is 54.6 Å². The summed E-state index contributed by atoms with van der Waals surface area (Å²) in [4.78, 5) is 2.80. The monoisotopic (exact) mass is 942 g/mol. The zero-order valence-corrected chi connectivity index (χ0v) is 39.8. The summed E-state index contributed by atoms with van der Waals surface area (Å²) >= 11 is 0. The molecule has 4 heteroatoms. The molecule has 2 nitrogen and oxygen atoms in total. The molecule has 0 aliphatic carbocycles. The lowest BCUT2D eigenvalue weighted by molar-refractivity contribution is 0.629. The lowest BCUT2D eigenvalue weighted by Crippen LogP contribution is -2.13. The van der Waals surface area contributed by atoms with Gasteiger partial charge in [-0.3, -0.25) is 0 Å². The molecule has 0 spiro atoms. The minimum Gasteiger partial charge on any atom is -0.307 e. The highest BCUT2D eigenvalue weighted by atomic mass is 19.1. The van der Waals surface area contributed by atoms with Crippen molar-refractivity contribution in [1.82, 2.24) is 0 Å². The van der Waals surface area contributed by atoms with Crippen LogP contribution in [0, 0.1) is 39.3 Å². The first-order chi connectivity index (χ1) is 39.3. The second-order valence-electron chi connectivity index (χ2n) is 18.4. The van der Waals surface area contributed by atoms with Crippen molar-refractivity contribution in [2.45, 2.75) is 27.7 Å². The molecular weight excluding hydrogens is 883 g/mol. The highest BCUT2D eigenvalue weighted by Gasteiger charge is 2.27. The zero-order valence-electron chi connectivity index (χ0n) is 49.8. The third kappa shape index (κ3) is 7.92. The summed E-state index contributed by atoms with van der Waals surface area (Å²) in [5.41, 5.74) is 9.02. The predicted octanol–water partition coefficient (Wildman–Crippen LogP) is 19.7. The number of benzene rings is 12. The number of hydrogen-bond donors (Lipinski definition) is 0. The van der Waals surface area contributed by atoms with Gasteiger partial charge < -0.3 is 9.80 Å². The Kier molecular flexibility index (Phi) is 8.68. The Labute approximate surface area is 433 Å². The van der Waals surface area contributed by atoms with E-state index in [9.17, 15) is 5.48 Å². The first kappa shape index (κ1) is 34.4. The molecule has 0 aliphatic heterocycles. The number of hydrogen-bond acceptors (Lipinski definition) is 2. The number of nitrogens with zero attached hydrogens (tertiary/aromatic N) is 2. The number of anilines is 6. The molecule has 0 fully saturated rings. The molecule has 72 heavy (non-hydrogen) atoms. The van der Waals surface area contributed by atoms with Gasteiger partial charge in [0.15, 0.2) is 0 Å². The summed E-state index contributed by atoms with van der Waals surface area (Å²) in [6, 6.07) is 45.7. The first-order valence-corrected chi connectivity index (χ1v) is 23.7. The molecule has 0 unspecified atom stereocenters. The van der Waals surface area contributed by atoms with E-state index in [0.717, 1.165) is 44.5 Å². The smallest absolute Gasteiger partial charge is 0.147 e. The topological polar surface area (TPSA) is 6.48 Å². The van der Waals surface area contributed by atoms with Gasteiger partial charge in [-0.2, -0.15) is 0 Å². The SMILES string of the molecule is [2H]c1c([2H])c([2H])c(N(c2cc(-c3cccc(C)c3)c(-c3cccc(C)c3)cc2F)c2ccc3ccc4c(N(c5cc(-c6cccc(C)c6)c(-c6cccc(C)c6)cc5F)c5c([2H])c([2H])c([2H])c([2H])c5[2H])ccc5ccc2c3c54)c([2H])c1[2H]. The van der Waals surface area contributed by atoms with Crippen molar-refractivity contribution in [1.29, 1.82) is 0 Å². The maximum Gasteiger partial charge on any atom is 0.147 e. The van der Waals surface area contributed by atoms with Gasteiger partial charge in [0.1, 0.15) is 11.6 Å². The molecule has 0 bridgehead atoms. The van der Waals surface area contributed by atoms with Crippen molar-refractivity contribution in [3.63, 3.8) is 0 Å². The molecule has 346 valence electrons. The maximum absolute atomic E-state index is 17.9. The van der Waals surface area contributed by atoms with Crippen LogP contribution in [0.3, 0.4) is 0 Å². The minimum absolute atomic E-state index is 0.0940. The number of aryl methyl sites for hydroxylation is 4. The van der Waals surface area contributed by atoms with Crippen molar-refractivity contribution in [2.24, 2.45) is 0 Å². The molecule has 0 N–H and O–H groups in total. The van der Waals surface area contributed by atoms with Crippen LogP contribution in [0.25, 0.3) is 76.8 Å². The highest BCUT2D eigenvalue weighted by Crippen LogP contribution is 2.50. The Hall–Kier alpha value is -8.86. The maximum atomic E-state index is 17.9. The molecule has 0 aliphatic rings. The molecule has 12 rings (SSSR count). The Morgan fingerprint density at radius 1 is 0.333 bits per heavy atom. The second kappa shape index (κ2) is 18.1. The predicted molar refractivity (Wildman–Crippen MR) is 300 cm³/mol. The van der Waals surface area contributed by atoms with E-state index in [2.05, 4.69) is 0 Å². The van der Waals surface area contributed by atoms with E-state index in [1.807, 2.05) is 161 Å². The quantitative estimate of drug-likeness (QED) is 0.126. The Balaban J connectivity index is 1.17. The third-order valence-electron chi connectivity index (χ3n) is 13.5. The van der Waals surface area contributed by atoms with Crippen LogP contribution in [0.4, 0.5) is 42.9 Å². The van der Waals surface area contributed by atoms with Crippen molar-refractivity contribution < 1.29 is 22.5 Å². The molecule has 0 amide bonds. The molecule has 12 aromatic carbocycles. The summed E-state index contributed by atoms with van der Waals surface area (Å²) in [7, 11) is 0. The van der Waals surface area contributed by atoms with Crippen molar-refractivity contribution in [3.05, 3.63) is 264 Å². The number of rotatable bonds is 10. The van der Waals surface area contributed by atoms with Gasteiger partial charge in [-0.25, -0.2) is 8.78 Å². The normalized spacial score (nSPS) is 13.4. The van der Waals surface area contributed by atoms with Crippen LogP contribution in [0.15, 0.2) is 230 Å². The molecule has 0 heterocycles. The fraction of sp³-hybridized carbons (Fsp3) is 0.0588. The highest BCUT2D eigenvalue weighted by molar-refractivity contribution is 6.28. The van der Waals surface area contributed by atoms with Crippen LogP contribution >= 0.6 is 0 Å². The summed E-state index contributed by atoms with van der Waals surface area (Å²) in [6.45, 7) is 7.83. The van der Waals surface area contributed by atoms with Gasteiger partial charge in [-0.1, -0.05) is 192 Å². The number of para-hydroxylation sites is 2. The van der Waals surface area contributed by atoms with Crippen LogP contribution in [0.1, 0.15) is 36.0 Å². The van der Waals surface area contributed by atoms with Gasteiger partial charge in [0.25, 0.3) is 0 Å². The first-order valence-electron chi connectivity index (χ1n) is 28.7. The Morgan fingerprint density at radius 3 is 0.986 bits per heavy atom.